The van der Waals surface area contributed by atoms with E-state index in [1.54, 1.807) is 0 Å². The molecule has 21 heavy (non-hydrogen) atoms. The molecular formula is C12H20O9. The highest BCUT2D eigenvalue weighted by Gasteiger charge is 2.07. The quantitative estimate of drug-likeness (QED) is 0.339. The molecule has 0 aromatic carbocycles. The second-order valence-electron chi connectivity index (χ2n) is 3.58. The SMILES string of the molecule is C=C(C)C(=O)O.C=C(CC(=O)O)C(=O)O.OCC(O)CO. The van der Waals surface area contributed by atoms with Crippen molar-refractivity contribution in [3.8, 4) is 0 Å². The maximum absolute atomic E-state index is 9.87. The number of hydrogen-bond donors (Lipinski definition) is 6. The molecule has 0 spiro atoms. The number of carboxylic acids is 3. The number of carbonyl (C=O) groups is 3. The Bertz CT molecular complexity index is 357. The van der Waals surface area contributed by atoms with E-state index in [1.807, 2.05) is 0 Å². The highest BCUT2D eigenvalue weighted by atomic mass is 16.4. The number of aliphatic hydroxyl groups excluding tert-OH is 3. The summed E-state index contributed by atoms with van der Waals surface area (Å²) in [6.45, 7) is 6.89. The van der Waals surface area contributed by atoms with Gasteiger partial charge in [0.05, 0.1) is 19.6 Å². The molecule has 0 atom stereocenters. The molecule has 0 fully saturated rings. The average Bonchev–Trinajstić information content (AvgIpc) is 2.38. The summed E-state index contributed by atoms with van der Waals surface area (Å²) in [6, 6.07) is 0. The van der Waals surface area contributed by atoms with Crippen molar-refractivity contribution in [3.05, 3.63) is 24.3 Å². The number of carboxylic acid groups (broad SMARTS) is 3. The first-order chi connectivity index (χ1) is 9.49. The Morgan fingerprint density at radius 3 is 1.33 bits per heavy atom. The summed E-state index contributed by atoms with van der Waals surface area (Å²) < 4.78 is 0. The molecule has 0 aliphatic heterocycles. The summed E-state index contributed by atoms with van der Waals surface area (Å²) in [5.41, 5.74) is -0.127. The van der Waals surface area contributed by atoms with Gasteiger partial charge in [-0.2, -0.15) is 0 Å². The van der Waals surface area contributed by atoms with E-state index in [0.717, 1.165) is 0 Å². The highest BCUT2D eigenvalue weighted by molar-refractivity contribution is 5.91. The maximum Gasteiger partial charge on any atom is 0.331 e. The average molecular weight is 308 g/mol. The van der Waals surface area contributed by atoms with Crippen LogP contribution in [0.15, 0.2) is 24.3 Å². The van der Waals surface area contributed by atoms with Gasteiger partial charge in [-0.25, -0.2) is 9.59 Å². The van der Waals surface area contributed by atoms with Gasteiger partial charge in [0.2, 0.25) is 0 Å². The van der Waals surface area contributed by atoms with E-state index in [0.29, 0.717) is 0 Å². The maximum atomic E-state index is 9.87. The van der Waals surface area contributed by atoms with E-state index >= 15 is 0 Å². The molecule has 122 valence electrons. The molecule has 0 aromatic heterocycles. The van der Waals surface area contributed by atoms with Crippen LogP contribution >= 0.6 is 0 Å². The number of aliphatic hydroxyl groups is 3. The van der Waals surface area contributed by atoms with Crippen molar-refractivity contribution in [1.29, 1.82) is 0 Å². The van der Waals surface area contributed by atoms with Crippen LogP contribution in [0.25, 0.3) is 0 Å². The topological polar surface area (TPSA) is 173 Å². The lowest BCUT2D eigenvalue weighted by Crippen LogP contribution is -2.15. The molecule has 0 unspecified atom stereocenters. The number of rotatable bonds is 6. The smallest absolute Gasteiger partial charge is 0.331 e. The Morgan fingerprint density at radius 2 is 1.29 bits per heavy atom. The van der Waals surface area contributed by atoms with Gasteiger partial charge in [-0.05, 0) is 6.92 Å². The van der Waals surface area contributed by atoms with Crippen molar-refractivity contribution in [2.45, 2.75) is 19.4 Å². The summed E-state index contributed by atoms with van der Waals surface area (Å²) in [6.07, 6.45) is -1.46. The molecule has 9 heteroatoms. The van der Waals surface area contributed by atoms with Crippen LogP contribution in [0.1, 0.15) is 13.3 Å². The minimum atomic E-state index is -1.27. The monoisotopic (exact) mass is 308 g/mol. The summed E-state index contributed by atoms with van der Waals surface area (Å²) >= 11 is 0. The van der Waals surface area contributed by atoms with Gasteiger partial charge in [0.25, 0.3) is 0 Å². The Balaban J connectivity index is -0.000000240. The van der Waals surface area contributed by atoms with Crippen LogP contribution in [0.5, 0.6) is 0 Å². The summed E-state index contributed by atoms with van der Waals surface area (Å²) in [4.78, 5) is 29.3. The minimum absolute atomic E-state index is 0.176. The van der Waals surface area contributed by atoms with Crippen LogP contribution in [0.4, 0.5) is 0 Å². The standard InChI is InChI=1S/C5H6O4.C4H6O2.C3H8O3/c1-3(5(8)9)2-4(6)7;1-3(2)4(5)6;4-1-3(6)2-5/h1-2H2,(H,6,7)(H,8,9);1H2,2H3,(H,5,6);3-6H,1-2H2. The third kappa shape index (κ3) is 23.3. The first-order valence-corrected chi connectivity index (χ1v) is 5.40. The van der Waals surface area contributed by atoms with Crippen LogP contribution < -0.4 is 0 Å². The molecule has 6 N–H and O–H groups in total. The van der Waals surface area contributed by atoms with Crippen molar-refractivity contribution < 1.29 is 45.0 Å². The fourth-order valence-electron chi connectivity index (χ4n) is 0.316. The van der Waals surface area contributed by atoms with Gasteiger partial charge in [0, 0.05) is 11.1 Å². The third-order valence-electron chi connectivity index (χ3n) is 1.45. The zero-order valence-electron chi connectivity index (χ0n) is 11.5. The number of aliphatic carboxylic acids is 3. The van der Waals surface area contributed by atoms with E-state index in [4.69, 9.17) is 30.6 Å². The molecule has 0 aliphatic carbocycles. The van der Waals surface area contributed by atoms with Gasteiger partial charge in [0.1, 0.15) is 6.10 Å². The van der Waals surface area contributed by atoms with Crippen molar-refractivity contribution >= 4 is 17.9 Å². The molecule has 0 aromatic rings. The number of hydrogen-bond acceptors (Lipinski definition) is 6. The van der Waals surface area contributed by atoms with Crippen LogP contribution in [-0.4, -0.2) is 67.9 Å². The van der Waals surface area contributed by atoms with Gasteiger partial charge in [0.15, 0.2) is 0 Å². The zero-order valence-corrected chi connectivity index (χ0v) is 11.5. The van der Waals surface area contributed by atoms with Gasteiger partial charge in [-0.3, -0.25) is 4.79 Å². The fraction of sp³-hybridized carbons (Fsp3) is 0.417. The molecular weight excluding hydrogens is 288 g/mol. The van der Waals surface area contributed by atoms with Crippen molar-refractivity contribution in [2.24, 2.45) is 0 Å². The first-order valence-electron chi connectivity index (χ1n) is 5.40. The van der Waals surface area contributed by atoms with Crippen LogP contribution in [-0.2, 0) is 14.4 Å². The summed E-state index contributed by atoms with van der Waals surface area (Å²) in [7, 11) is 0. The first kappa shape index (κ1) is 23.8. The summed E-state index contributed by atoms with van der Waals surface area (Å²) in [5.74, 6) is -3.38. The Kier molecular flexibility index (Phi) is 16.1. The van der Waals surface area contributed by atoms with E-state index in [-0.39, 0.29) is 24.4 Å². The van der Waals surface area contributed by atoms with E-state index in [1.165, 1.54) is 6.92 Å². The normalized spacial score (nSPS) is 8.62. The molecule has 9 nitrogen and oxygen atoms in total. The van der Waals surface area contributed by atoms with Crippen LogP contribution in [0.2, 0.25) is 0 Å². The van der Waals surface area contributed by atoms with Gasteiger partial charge < -0.3 is 30.6 Å². The molecule has 0 heterocycles. The Labute approximate surface area is 121 Å². The highest BCUT2D eigenvalue weighted by Crippen LogP contribution is 1.95. The Morgan fingerprint density at radius 1 is 0.952 bits per heavy atom. The predicted molar refractivity (Wildman–Crippen MR) is 71.7 cm³/mol. The molecule has 0 saturated carbocycles. The zero-order chi connectivity index (χ0) is 17.6. The second-order valence-corrected chi connectivity index (χ2v) is 3.58. The van der Waals surface area contributed by atoms with E-state index in [2.05, 4.69) is 13.2 Å². The lowest BCUT2D eigenvalue weighted by molar-refractivity contribution is -0.139. The molecule has 0 aliphatic rings. The summed E-state index contributed by atoms with van der Waals surface area (Å²) in [5, 5.41) is 48.0. The Hall–Kier alpha value is -2.23. The molecule has 0 amide bonds. The van der Waals surface area contributed by atoms with Gasteiger partial charge in [-0.15, -0.1) is 0 Å². The molecule has 0 bridgehead atoms. The van der Waals surface area contributed by atoms with Crippen LogP contribution in [0, 0.1) is 0 Å². The molecule has 0 saturated heterocycles. The van der Waals surface area contributed by atoms with Crippen molar-refractivity contribution in [1.82, 2.24) is 0 Å². The predicted octanol–water partition coefficient (Wildman–Crippen LogP) is -0.919. The lowest BCUT2D eigenvalue weighted by atomic mass is 10.2. The minimum Gasteiger partial charge on any atom is -0.481 e. The van der Waals surface area contributed by atoms with Gasteiger partial charge in [-0.1, -0.05) is 13.2 Å². The van der Waals surface area contributed by atoms with Crippen molar-refractivity contribution in [3.63, 3.8) is 0 Å². The third-order valence-corrected chi connectivity index (χ3v) is 1.45. The second kappa shape index (κ2) is 14.2. The van der Waals surface area contributed by atoms with E-state index < -0.39 is 30.4 Å². The van der Waals surface area contributed by atoms with E-state index in [9.17, 15) is 14.4 Å². The fourth-order valence-corrected chi connectivity index (χ4v) is 0.316. The largest absolute Gasteiger partial charge is 0.481 e. The van der Waals surface area contributed by atoms with Crippen LogP contribution in [0.3, 0.4) is 0 Å². The van der Waals surface area contributed by atoms with Crippen molar-refractivity contribution in [2.75, 3.05) is 13.2 Å². The van der Waals surface area contributed by atoms with Gasteiger partial charge >= 0.3 is 17.9 Å². The molecule has 0 radical (unpaired) electrons. The molecule has 0 rings (SSSR count). The lowest BCUT2D eigenvalue weighted by Gasteiger charge is -1.96.